The summed E-state index contributed by atoms with van der Waals surface area (Å²) in [5, 5.41) is 0. The molecule has 0 unspecified atom stereocenters. The van der Waals surface area contributed by atoms with Crippen LogP contribution in [-0.2, 0) is 15.5 Å². The number of rotatable bonds is 6. The van der Waals surface area contributed by atoms with Gasteiger partial charge in [-0.3, -0.25) is 15.6 Å². The number of hydrazine groups is 1. The van der Waals surface area contributed by atoms with Crippen molar-refractivity contribution in [2.45, 2.75) is 12.8 Å². The summed E-state index contributed by atoms with van der Waals surface area (Å²) in [6, 6.07) is 13.7. The molecule has 0 spiro atoms. The van der Waals surface area contributed by atoms with Crippen molar-refractivity contribution >= 4 is 17.8 Å². The monoisotopic (exact) mass is 401 g/mol. The first-order valence-electron chi connectivity index (χ1n) is 8.49. The first-order valence-corrected chi connectivity index (χ1v) is 8.49. The van der Waals surface area contributed by atoms with E-state index < -0.39 is 23.4 Å². The number of methoxy groups -OCH3 is 1. The quantitative estimate of drug-likeness (QED) is 0.484. The summed E-state index contributed by atoms with van der Waals surface area (Å²) in [5.74, 6) is -6.58. The number of hydrogen-bond donors (Lipinski definition) is 2. The minimum absolute atomic E-state index is 0.0527. The molecule has 3 rings (SSSR count). The Kier molecular flexibility index (Phi) is 5.58. The second kappa shape index (κ2) is 8.09. The number of halogens is 2. The van der Waals surface area contributed by atoms with E-state index in [4.69, 9.17) is 4.42 Å². The molecular formula is C20H17F2N3O4. The van der Waals surface area contributed by atoms with E-state index in [1.807, 2.05) is 24.5 Å². The molecule has 29 heavy (non-hydrogen) atoms. The molecule has 1 aromatic heterocycles. The molecule has 0 saturated carbocycles. The van der Waals surface area contributed by atoms with Crippen molar-refractivity contribution in [2.24, 2.45) is 0 Å². The number of aryl methyl sites for hydroxylation is 1. The first kappa shape index (κ1) is 20.0. The van der Waals surface area contributed by atoms with Crippen molar-refractivity contribution in [1.29, 1.82) is 0 Å². The van der Waals surface area contributed by atoms with Crippen LogP contribution in [0.1, 0.15) is 21.6 Å². The van der Waals surface area contributed by atoms with E-state index in [2.05, 4.69) is 15.1 Å². The van der Waals surface area contributed by atoms with Crippen LogP contribution in [0.15, 0.2) is 59.0 Å². The zero-order valence-electron chi connectivity index (χ0n) is 15.5. The topological polar surface area (TPSA) is 93.5 Å². The molecule has 0 atom stereocenters. The number of ether oxygens (including phenoxy) is 1. The van der Waals surface area contributed by atoms with Crippen LogP contribution in [-0.4, -0.2) is 24.0 Å². The van der Waals surface area contributed by atoms with Gasteiger partial charge >= 0.3 is 17.8 Å². The Bertz CT molecular complexity index is 1020. The van der Waals surface area contributed by atoms with Gasteiger partial charge in [-0.2, -0.15) is 13.8 Å². The predicted molar refractivity (Wildman–Crippen MR) is 100 cm³/mol. The number of alkyl halides is 2. The summed E-state index contributed by atoms with van der Waals surface area (Å²) in [4.78, 5) is 28.0. The first-order chi connectivity index (χ1) is 13.8. The van der Waals surface area contributed by atoms with Crippen LogP contribution in [0, 0.1) is 6.92 Å². The largest absolute Gasteiger partial charge is 0.464 e. The van der Waals surface area contributed by atoms with Crippen molar-refractivity contribution in [3.8, 4) is 11.5 Å². The van der Waals surface area contributed by atoms with Crippen LogP contribution in [0.3, 0.4) is 0 Å². The number of aromatic nitrogens is 1. The van der Waals surface area contributed by atoms with Gasteiger partial charge in [0.25, 0.3) is 0 Å². The second-order valence-electron chi connectivity index (χ2n) is 6.07. The van der Waals surface area contributed by atoms with E-state index in [9.17, 15) is 18.4 Å². The van der Waals surface area contributed by atoms with Crippen LogP contribution in [0.2, 0.25) is 0 Å². The fraction of sp³-hybridized carbons (Fsp3) is 0.150. The lowest BCUT2D eigenvalue weighted by molar-refractivity contribution is -0.146. The molecule has 9 heteroatoms. The zero-order valence-corrected chi connectivity index (χ0v) is 15.5. The van der Waals surface area contributed by atoms with Crippen LogP contribution < -0.4 is 10.9 Å². The lowest BCUT2D eigenvalue weighted by Crippen LogP contribution is -2.41. The van der Waals surface area contributed by atoms with Crippen LogP contribution in [0.5, 0.6) is 0 Å². The molecule has 0 aliphatic rings. The fourth-order valence-electron chi connectivity index (χ4n) is 2.43. The summed E-state index contributed by atoms with van der Waals surface area (Å²) < 4.78 is 38.7. The zero-order chi connectivity index (χ0) is 21.0. The number of anilines is 1. The number of nitrogens with one attached hydrogen (secondary N) is 2. The van der Waals surface area contributed by atoms with Gasteiger partial charge in [0.2, 0.25) is 17.5 Å². The minimum Gasteiger partial charge on any atom is -0.464 e. The number of hydrogen-bond acceptors (Lipinski definition) is 6. The highest BCUT2D eigenvalue weighted by Crippen LogP contribution is 2.29. The number of carbonyl (C=O) groups is 2. The van der Waals surface area contributed by atoms with Gasteiger partial charge in [0, 0.05) is 11.1 Å². The molecule has 2 aromatic carbocycles. The lowest BCUT2D eigenvalue weighted by atomic mass is 10.1. The van der Waals surface area contributed by atoms with Gasteiger partial charge in [0.1, 0.15) is 0 Å². The standard InChI is InChI=1S/C20H17F2N3O4/c1-12-8-10-13(11-9-12)16-23-15(18(26)28-2)17(29-16)24-25-19(27)20(21,22)14-6-4-3-5-7-14/h3-11,24H,1-2H3,(H,25,27). The van der Waals surface area contributed by atoms with Crippen LogP contribution in [0.4, 0.5) is 14.7 Å². The fourth-order valence-corrected chi connectivity index (χ4v) is 2.43. The van der Waals surface area contributed by atoms with Gasteiger partial charge in [-0.1, -0.05) is 48.0 Å². The van der Waals surface area contributed by atoms with E-state index in [1.54, 1.807) is 18.2 Å². The molecule has 7 nitrogen and oxygen atoms in total. The molecule has 0 fully saturated rings. The third-order valence-electron chi connectivity index (χ3n) is 4.02. The summed E-state index contributed by atoms with van der Waals surface area (Å²) in [5.41, 5.74) is 4.82. The van der Waals surface area contributed by atoms with Gasteiger partial charge in [0.15, 0.2) is 0 Å². The highest BCUT2D eigenvalue weighted by atomic mass is 19.3. The van der Waals surface area contributed by atoms with Gasteiger partial charge in [-0.25, -0.2) is 4.79 Å². The summed E-state index contributed by atoms with van der Waals surface area (Å²) >= 11 is 0. The predicted octanol–water partition coefficient (Wildman–Crippen LogP) is 3.67. The van der Waals surface area contributed by atoms with E-state index >= 15 is 0 Å². The average molecular weight is 401 g/mol. The number of esters is 1. The van der Waals surface area contributed by atoms with E-state index in [0.29, 0.717) is 5.56 Å². The van der Waals surface area contributed by atoms with Crippen molar-refractivity contribution < 1.29 is 27.5 Å². The maximum Gasteiger partial charge on any atom is 0.362 e. The highest BCUT2D eigenvalue weighted by Gasteiger charge is 2.41. The smallest absolute Gasteiger partial charge is 0.362 e. The van der Waals surface area contributed by atoms with Crippen molar-refractivity contribution in [3.63, 3.8) is 0 Å². The summed E-state index contributed by atoms with van der Waals surface area (Å²) in [6.45, 7) is 1.90. The van der Waals surface area contributed by atoms with Gasteiger partial charge in [-0.15, -0.1) is 0 Å². The molecule has 150 valence electrons. The van der Waals surface area contributed by atoms with Crippen molar-refractivity contribution in [1.82, 2.24) is 10.4 Å². The molecule has 1 amide bonds. The normalized spacial score (nSPS) is 11.0. The molecule has 2 N–H and O–H groups in total. The molecule has 1 heterocycles. The summed E-state index contributed by atoms with van der Waals surface area (Å²) in [7, 11) is 1.13. The number of amides is 1. The van der Waals surface area contributed by atoms with Gasteiger partial charge in [-0.05, 0) is 19.1 Å². The SMILES string of the molecule is COC(=O)c1nc(-c2ccc(C)cc2)oc1NNC(=O)C(F)(F)c1ccccc1. The molecule has 0 bridgehead atoms. The van der Waals surface area contributed by atoms with E-state index in [-0.39, 0.29) is 17.5 Å². The van der Waals surface area contributed by atoms with Gasteiger partial charge < -0.3 is 9.15 Å². The molecular weight excluding hydrogens is 384 g/mol. The maximum atomic E-state index is 14.3. The van der Waals surface area contributed by atoms with Crippen molar-refractivity contribution in [2.75, 3.05) is 12.5 Å². The van der Waals surface area contributed by atoms with Crippen LogP contribution >= 0.6 is 0 Å². The van der Waals surface area contributed by atoms with Gasteiger partial charge in [0.05, 0.1) is 7.11 Å². The Morgan fingerprint density at radius 3 is 2.34 bits per heavy atom. The number of oxazole rings is 1. The second-order valence-corrected chi connectivity index (χ2v) is 6.07. The molecule has 0 radical (unpaired) electrons. The number of carbonyl (C=O) groups excluding carboxylic acids is 2. The van der Waals surface area contributed by atoms with E-state index in [1.165, 1.54) is 12.1 Å². The molecule has 0 saturated heterocycles. The Labute approximate surface area is 164 Å². The van der Waals surface area contributed by atoms with E-state index in [0.717, 1.165) is 24.8 Å². The minimum atomic E-state index is -3.81. The maximum absolute atomic E-state index is 14.3. The third kappa shape index (κ3) is 4.23. The van der Waals surface area contributed by atoms with Crippen molar-refractivity contribution in [3.05, 3.63) is 71.4 Å². The number of benzene rings is 2. The highest BCUT2D eigenvalue weighted by molar-refractivity contribution is 5.93. The Hall–Kier alpha value is -3.75. The Morgan fingerprint density at radius 2 is 1.72 bits per heavy atom. The summed E-state index contributed by atoms with van der Waals surface area (Å²) in [6.07, 6.45) is 0. The van der Waals surface area contributed by atoms with Crippen LogP contribution in [0.25, 0.3) is 11.5 Å². The molecule has 0 aliphatic heterocycles. The number of nitrogens with zero attached hydrogens (tertiary/aromatic N) is 1. The lowest BCUT2D eigenvalue weighted by Gasteiger charge is -2.16. The molecule has 3 aromatic rings. The average Bonchev–Trinajstić information content (AvgIpc) is 3.16. The molecule has 0 aliphatic carbocycles. The third-order valence-corrected chi connectivity index (χ3v) is 4.02. The Balaban J connectivity index is 1.83. The Morgan fingerprint density at radius 1 is 1.07 bits per heavy atom.